The van der Waals surface area contributed by atoms with Crippen molar-refractivity contribution in [2.75, 3.05) is 25.1 Å². The number of nitrogens with one attached hydrogen (secondary N) is 1. The largest absolute Gasteiger partial charge is 0.479 e. The van der Waals surface area contributed by atoms with Gasteiger partial charge in [-0.3, -0.25) is 4.90 Å². The van der Waals surface area contributed by atoms with E-state index in [-0.39, 0.29) is 6.03 Å². The summed E-state index contributed by atoms with van der Waals surface area (Å²) in [5.41, 5.74) is 3.73. The van der Waals surface area contributed by atoms with Crippen LogP contribution in [0.15, 0.2) is 48.5 Å². The minimum absolute atomic E-state index is 0.0972. The van der Waals surface area contributed by atoms with E-state index in [1.54, 1.807) is 18.9 Å². The van der Waals surface area contributed by atoms with E-state index in [1.165, 1.54) is 12.8 Å². The molecule has 0 bridgehead atoms. The molecule has 3 rings (SSSR count). The van der Waals surface area contributed by atoms with Crippen LogP contribution in [0.25, 0.3) is 11.1 Å². The van der Waals surface area contributed by atoms with E-state index in [4.69, 9.17) is 4.74 Å². The molecule has 2 aromatic carbocycles. The monoisotopic (exact) mass is 396 g/mol. The Kier molecular flexibility index (Phi) is 6.88. The van der Waals surface area contributed by atoms with Gasteiger partial charge in [0.2, 0.25) is 0 Å². The maximum Gasteiger partial charge on any atom is 0.333 e. The SMILES string of the molecule is CCOC(Cc1ccc(-c2cccc(N(C)C(=O)NCC3CC3)c2)cc1)C(=O)O. The molecular weight excluding hydrogens is 368 g/mol. The van der Waals surface area contributed by atoms with Crippen LogP contribution >= 0.6 is 0 Å². The Labute approximate surface area is 171 Å². The van der Waals surface area contributed by atoms with Gasteiger partial charge in [0.15, 0.2) is 6.10 Å². The summed E-state index contributed by atoms with van der Waals surface area (Å²) in [6.45, 7) is 2.89. The second-order valence-corrected chi connectivity index (χ2v) is 7.42. The summed E-state index contributed by atoms with van der Waals surface area (Å²) >= 11 is 0. The highest BCUT2D eigenvalue weighted by molar-refractivity contribution is 5.92. The van der Waals surface area contributed by atoms with Crippen molar-refractivity contribution in [2.45, 2.75) is 32.3 Å². The number of aliphatic carboxylic acids is 1. The van der Waals surface area contributed by atoms with Crippen LogP contribution in [0, 0.1) is 5.92 Å². The molecule has 0 saturated heterocycles. The fraction of sp³-hybridized carbons (Fsp3) is 0.391. The van der Waals surface area contributed by atoms with Gasteiger partial charge in [0.25, 0.3) is 0 Å². The molecule has 0 spiro atoms. The third kappa shape index (κ3) is 5.81. The van der Waals surface area contributed by atoms with E-state index in [2.05, 4.69) is 5.32 Å². The Morgan fingerprint density at radius 3 is 2.52 bits per heavy atom. The van der Waals surface area contributed by atoms with Crippen molar-refractivity contribution in [3.63, 3.8) is 0 Å². The number of anilines is 1. The second kappa shape index (κ2) is 9.56. The lowest BCUT2D eigenvalue weighted by Gasteiger charge is -2.19. The zero-order valence-corrected chi connectivity index (χ0v) is 16.9. The minimum Gasteiger partial charge on any atom is -0.479 e. The smallest absolute Gasteiger partial charge is 0.333 e. The number of hydrogen-bond acceptors (Lipinski definition) is 3. The van der Waals surface area contributed by atoms with Gasteiger partial charge in [0.1, 0.15) is 0 Å². The molecule has 2 amide bonds. The van der Waals surface area contributed by atoms with Crippen molar-refractivity contribution in [2.24, 2.45) is 5.92 Å². The summed E-state index contributed by atoms with van der Waals surface area (Å²) < 4.78 is 5.28. The fourth-order valence-electron chi connectivity index (χ4n) is 3.15. The predicted molar refractivity (Wildman–Crippen MR) is 113 cm³/mol. The van der Waals surface area contributed by atoms with Gasteiger partial charge in [-0.05, 0) is 54.5 Å². The highest BCUT2D eigenvalue weighted by atomic mass is 16.5. The van der Waals surface area contributed by atoms with Crippen LogP contribution in [0.5, 0.6) is 0 Å². The van der Waals surface area contributed by atoms with Crippen LogP contribution in [0.3, 0.4) is 0 Å². The number of amides is 2. The summed E-state index contributed by atoms with van der Waals surface area (Å²) in [7, 11) is 1.77. The van der Waals surface area contributed by atoms with E-state index in [0.717, 1.165) is 28.9 Å². The lowest BCUT2D eigenvalue weighted by atomic mass is 10.0. The molecule has 29 heavy (non-hydrogen) atoms. The van der Waals surface area contributed by atoms with Gasteiger partial charge in [-0.15, -0.1) is 0 Å². The average molecular weight is 396 g/mol. The van der Waals surface area contributed by atoms with Crippen molar-refractivity contribution in [1.29, 1.82) is 0 Å². The molecule has 1 unspecified atom stereocenters. The van der Waals surface area contributed by atoms with Crippen molar-refractivity contribution in [1.82, 2.24) is 5.32 Å². The molecule has 2 N–H and O–H groups in total. The molecular formula is C23H28N2O4. The van der Waals surface area contributed by atoms with Gasteiger partial charge in [-0.2, -0.15) is 0 Å². The summed E-state index contributed by atoms with van der Waals surface area (Å²) in [5, 5.41) is 12.2. The maximum absolute atomic E-state index is 12.3. The molecule has 0 aliphatic heterocycles. The Balaban J connectivity index is 1.67. The van der Waals surface area contributed by atoms with Crippen LogP contribution < -0.4 is 10.2 Å². The number of ether oxygens (including phenoxy) is 1. The molecule has 1 fully saturated rings. The van der Waals surface area contributed by atoms with Gasteiger partial charge in [0.05, 0.1) is 0 Å². The molecule has 0 heterocycles. The van der Waals surface area contributed by atoms with Crippen LogP contribution in [-0.2, 0) is 16.0 Å². The molecule has 154 valence electrons. The predicted octanol–water partition coefficient (Wildman–Crippen LogP) is 3.94. The number of nitrogens with zero attached hydrogens (tertiary/aromatic N) is 1. The highest BCUT2D eigenvalue weighted by Gasteiger charge is 2.22. The Morgan fingerprint density at radius 1 is 1.17 bits per heavy atom. The molecule has 1 aliphatic rings. The summed E-state index contributed by atoms with van der Waals surface area (Å²) in [6, 6.07) is 15.5. The van der Waals surface area contributed by atoms with E-state index >= 15 is 0 Å². The number of benzene rings is 2. The number of carbonyl (C=O) groups is 2. The normalized spacial score (nSPS) is 14.3. The molecule has 0 radical (unpaired) electrons. The van der Waals surface area contributed by atoms with Crippen molar-refractivity contribution >= 4 is 17.7 Å². The van der Waals surface area contributed by atoms with Gasteiger partial charge in [-0.1, -0.05) is 36.4 Å². The number of carboxylic acids is 1. The average Bonchev–Trinajstić information content (AvgIpc) is 3.56. The zero-order valence-electron chi connectivity index (χ0n) is 16.9. The Hall–Kier alpha value is -2.86. The molecule has 2 aromatic rings. The first-order chi connectivity index (χ1) is 14.0. The molecule has 1 aliphatic carbocycles. The quantitative estimate of drug-likeness (QED) is 0.673. The van der Waals surface area contributed by atoms with E-state index in [0.29, 0.717) is 18.9 Å². The second-order valence-electron chi connectivity index (χ2n) is 7.42. The molecule has 6 heteroatoms. The van der Waals surface area contributed by atoms with E-state index in [9.17, 15) is 14.7 Å². The highest BCUT2D eigenvalue weighted by Crippen LogP contribution is 2.28. The third-order valence-corrected chi connectivity index (χ3v) is 5.13. The lowest BCUT2D eigenvalue weighted by molar-refractivity contribution is -0.149. The summed E-state index contributed by atoms with van der Waals surface area (Å²) in [6.07, 6.45) is 1.89. The van der Waals surface area contributed by atoms with Crippen molar-refractivity contribution in [3.8, 4) is 11.1 Å². The topological polar surface area (TPSA) is 78.9 Å². The van der Waals surface area contributed by atoms with Gasteiger partial charge < -0.3 is 15.2 Å². The Morgan fingerprint density at radius 2 is 1.90 bits per heavy atom. The third-order valence-electron chi connectivity index (χ3n) is 5.13. The standard InChI is InChI=1S/C23H28N2O4/c1-3-29-21(22(26)27)13-16-9-11-18(12-10-16)19-5-4-6-20(14-19)25(2)23(28)24-15-17-7-8-17/h4-6,9-12,14,17,21H,3,7-8,13,15H2,1-2H3,(H,24,28)(H,26,27). The van der Waals surface area contributed by atoms with Crippen LogP contribution in [0.1, 0.15) is 25.3 Å². The first-order valence-corrected chi connectivity index (χ1v) is 10.0. The number of carbonyl (C=O) groups excluding carboxylic acids is 1. The number of rotatable bonds is 9. The minimum atomic E-state index is -0.952. The number of urea groups is 1. The molecule has 0 aromatic heterocycles. The zero-order chi connectivity index (χ0) is 20.8. The van der Waals surface area contributed by atoms with Gasteiger partial charge >= 0.3 is 12.0 Å². The van der Waals surface area contributed by atoms with E-state index < -0.39 is 12.1 Å². The van der Waals surface area contributed by atoms with Crippen LogP contribution in [0.4, 0.5) is 10.5 Å². The van der Waals surface area contributed by atoms with Crippen molar-refractivity contribution < 1.29 is 19.4 Å². The Bertz CT molecular complexity index is 846. The number of hydrogen-bond donors (Lipinski definition) is 2. The maximum atomic E-state index is 12.3. The van der Waals surface area contributed by atoms with Crippen LogP contribution in [-0.4, -0.2) is 43.4 Å². The summed E-state index contributed by atoms with van der Waals surface area (Å²) in [5.74, 6) is -0.313. The van der Waals surface area contributed by atoms with E-state index in [1.807, 2.05) is 48.5 Å². The fourth-order valence-corrected chi connectivity index (χ4v) is 3.15. The van der Waals surface area contributed by atoms with Crippen LogP contribution in [0.2, 0.25) is 0 Å². The van der Waals surface area contributed by atoms with Gasteiger partial charge in [-0.25, -0.2) is 9.59 Å². The molecule has 1 saturated carbocycles. The molecule has 6 nitrogen and oxygen atoms in total. The van der Waals surface area contributed by atoms with Gasteiger partial charge in [0, 0.05) is 32.3 Å². The first kappa shape index (κ1) is 20.9. The summed E-state index contributed by atoms with van der Waals surface area (Å²) in [4.78, 5) is 25.2. The number of carboxylic acid groups (broad SMARTS) is 1. The van der Waals surface area contributed by atoms with Crippen molar-refractivity contribution in [3.05, 3.63) is 54.1 Å². The lowest BCUT2D eigenvalue weighted by Crippen LogP contribution is -2.38. The first-order valence-electron chi connectivity index (χ1n) is 10.0. The molecule has 1 atom stereocenters.